The van der Waals surface area contributed by atoms with Crippen molar-refractivity contribution in [2.24, 2.45) is 5.92 Å². The third-order valence-corrected chi connectivity index (χ3v) is 5.06. The van der Waals surface area contributed by atoms with Crippen LogP contribution in [0.2, 0.25) is 5.02 Å². The van der Waals surface area contributed by atoms with Gasteiger partial charge in [-0.15, -0.1) is 0 Å². The van der Waals surface area contributed by atoms with Gasteiger partial charge in [-0.25, -0.2) is 8.78 Å². The van der Waals surface area contributed by atoms with Crippen LogP contribution in [0, 0.1) is 17.6 Å². The lowest BCUT2D eigenvalue weighted by Gasteiger charge is -2.46. The van der Waals surface area contributed by atoms with Crippen molar-refractivity contribution in [3.8, 4) is 0 Å². The molecule has 120 valence electrons. The van der Waals surface area contributed by atoms with Gasteiger partial charge in [0.15, 0.2) is 0 Å². The van der Waals surface area contributed by atoms with E-state index < -0.39 is 17.5 Å². The maximum atomic E-state index is 14.0. The Morgan fingerprint density at radius 3 is 2.77 bits per heavy atom. The fraction of sp³-hybridized carbons (Fsp3) is 0.562. The van der Waals surface area contributed by atoms with E-state index in [1.807, 2.05) is 0 Å². The number of halogens is 3. The standard InChI is InChI=1S/C16H19ClF2N2O/c1-20-6-4-15-10(9-20)3-2-5-21(15)16(22)11-7-14(19)12(17)8-13(11)18/h7-8,10,15H,2-6,9H2,1H3/t10-,15-/m1/s1. The Kier molecular flexibility index (Phi) is 4.37. The minimum absolute atomic E-state index is 0.121. The summed E-state index contributed by atoms with van der Waals surface area (Å²) in [6.07, 6.45) is 2.86. The summed E-state index contributed by atoms with van der Waals surface area (Å²) in [6, 6.07) is 1.91. The summed E-state index contributed by atoms with van der Waals surface area (Å²) in [7, 11) is 2.07. The molecule has 0 aliphatic carbocycles. The molecule has 3 rings (SSSR count). The third-order valence-electron chi connectivity index (χ3n) is 4.77. The quantitative estimate of drug-likeness (QED) is 0.739. The summed E-state index contributed by atoms with van der Waals surface area (Å²) in [6.45, 7) is 2.47. The highest BCUT2D eigenvalue weighted by Crippen LogP contribution is 2.32. The van der Waals surface area contributed by atoms with E-state index in [9.17, 15) is 13.6 Å². The third kappa shape index (κ3) is 2.84. The van der Waals surface area contributed by atoms with Gasteiger partial charge in [0.25, 0.3) is 5.91 Å². The van der Waals surface area contributed by atoms with Crippen LogP contribution in [0.15, 0.2) is 12.1 Å². The maximum absolute atomic E-state index is 14.0. The number of nitrogens with zero attached hydrogens (tertiary/aromatic N) is 2. The molecule has 2 saturated heterocycles. The molecule has 1 aromatic rings. The normalized spacial score (nSPS) is 25.9. The van der Waals surface area contributed by atoms with E-state index >= 15 is 0 Å². The van der Waals surface area contributed by atoms with Crippen molar-refractivity contribution in [2.45, 2.75) is 25.3 Å². The molecule has 2 aliphatic heterocycles. The molecule has 0 N–H and O–H groups in total. The van der Waals surface area contributed by atoms with Crippen LogP contribution >= 0.6 is 11.6 Å². The topological polar surface area (TPSA) is 23.6 Å². The van der Waals surface area contributed by atoms with Crippen LogP contribution in [0.3, 0.4) is 0 Å². The van der Waals surface area contributed by atoms with E-state index in [2.05, 4.69) is 11.9 Å². The number of fused-ring (bicyclic) bond motifs is 1. The van der Waals surface area contributed by atoms with Crippen molar-refractivity contribution in [1.29, 1.82) is 0 Å². The summed E-state index contributed by atoms with van der Waals surface area (Å²) in [5.74, 6) is -1.53. The van der Waals surface area contributed by atoms with Gasteiger partial charge in [0.05, 0.1) is 10.6 Å². The molecular formula is C16H19ClF2N2O. The van der Waals surface area contributed by atoms with Crippen molar-refractivity contribution in [2.75, 3.05) is 26.7 Å². The molecule has 0 saturated carbocycles. The van der Waals surface area contributed by atoms with Gasteiger partial charge >= 0.3 is 0 Å². The molecule has 0 radical (unpaired) electrons. The predicted octanol–water partition coefficient (Wildman–Crippen LogP) is 3.17. The van der Waals surface area contributed by atoms with E-state index in [0.717, 1.165) is 44.5 Å². The van der Waals surface area contributed by atoms with Gasteiger partial charge in [-0.3, -0.25) is 4.79 Å². The lowest BCUT2D eigenvalue weighted by molar-refractivity contribution is 0.0250. The number of hydrogen-bond acceptors (Lipinski definition) is 2. The molecular weight excluding hydrogens is 310 g/mol. The van der Waals surface area contributed by atoms with E-state index in [1.165, 1.54) is 0 Å². The first-order valence-electron chi connectivity index (χ1n) is 7.61. The Bertz CT molecular complexity index is 596. The van der Waals surface area contributed by atoms with Gasteiger partial charge < -0.3 is 9.80 Å². The monoisotopic (exact) mass is 328 g/mol. The molecule has 2 fully saturated rings. The second kappa shape index (κ2) is 6.13. The Morgan fingerprint density at radius 1 is 1.23 bits per heavy atom. The summed E-state index contributed by atoms with van der Waals surface area (Å²) >= 11 is 5.56. The average molecular weight is 329 g/mol. The number of carbonyl (C=O) groups excluding carboxylic acids is 1. The average Bonchev–Trinajstić information content (AvgIpc) is 2.49. The molecule has 0 unspecified atom stereocenters. The minimum Gasteiger partial charge on any atom is -0.335 e. The Hall–Kier alpha value is -1.20. The highest BCUT2D eigenvalue weighted by molar-refractivity contribution is 6.30. The lowest BCUT2D eigenvalue weighted by Crippen LogP contribution is -2.55. The van der Waals surface area contributed by atoms with Crippen molar-refractivity contribution < 1.29 is 13.6 Å². The van der Waals surface area contributed by atoms with Gasteiger partial charge in [-0.1, -0.05) is 11.6 Å². The number of benzene rings is 1. The van der Waals surface area contributed by atoms with Crippen molar-refractivity contribution >= 4 is 17.5 Å². The first-order valence-corrected chi connectivity index (χ1v) is 7.99. The molecule has 1 aromatic carbocycles. The zero-order chi connectivity index (χ0) is 15.9. The molecule has 1 amide bonds. The Labute approximate surface area is 133 Å². The fourth-order valence-electron chi connectivity index (χ4n) is 3.68. The van der Waals surface area contributed by atoms with E-state index in [-0.39, 0.29) is 16.6 Å². The Balaban J connectivity index is 1.86. The number of likely N-dealkylation sites (tertiary alicyclic amines) is 2. The largest absolute Gasteiger partial charge is 0.335 e. The number of rotatable bonds is 1. The first-order chi connectivity index (χ1) is 10.5. The summed E-state index contributed by atoms with van der Waals surface area (Å²) in [4.78, 5) is 16.7. The van der Waals surface area contributed by atoms with Crippen LogP contribution in [0.5, 0.6) is 0 Å². The molecule has 6 heteroatoms. The predicted molar refractivity (Wildman–Crippen MR) is 81.0 cm³/mol. The van der Waals surface area contributed by atoms with Crippen LogP contribution in [-0.4, -0.2) is 48.4 Å². The molecule has 2 atom stereocenters. The number of carbonyl (C=O) groups is 1. The fourth-order valence-corrected chi connectivity index (χ4v) is 3.83. The zero-order valence-electron chi connectivity index (χ0n) is 12.5. The van der Waals surface area contributed by atoms with Crippen molar-refractivity contribution in [3.63, 3.8) is 0 Å². The van der Waals surface area contributed by atoms with Gasteiger partial charge in [-0.05, 0) is 50.9 Å². The molecule has 0 aromatic heterocycles. The zero-order valence-corrected chi connectivity index (χ0v) is 13.2. The van der Waals surface area contributed by atoms with Gasteiger partial charge in [0.1, 0.15) is 11.6 Å². The van der Waals surface area contributed by atoms with Crippen molar-refractivity contribution in [1.82, 2.24) is 9.80 Å². The van der Waals surface area contributed by atoms with Crippen LogP contribution in [0.4, 0.5) is 8.78 Å². The van der Waals surface area contributed by atoms with Crippen LogP contribution in [0.1, 0.15) is 29.6 Å². The maximum Gasteiger partial charge on any atom is 0.257 e. The molecule has 2 aliphatic rings. The van der Waals surface area contributed by atoms with E-state index in [0.29, 0.717) is 12.5 Å². The molecule has 22 heavy (non-hydrogen) atoms. The summed E-state index contributed by atoms with van der Waals surface area (Å²) in [5, 5.41) is -0.301. The smallest absolute Gasteiger partial charge is 0.257 e. The molecule has 3 nitrogen and oxygen atoms in total. The van der Waals surface area contributed by atoms with E-state index in [4.69, 9.17) is 11.6 Å². The Morgan fingerprint density at radius 2 is 2.00 bits per heavy atom. The molecule has 0 spiro atoms. The highest BCUT2D eigenvalue weighted by Gasteiger charge is 2.38. The number of piperidine rings is 2. The number of hydrogen-bond donors (Lipinski definition) is 0. The lowest BCUT2D eigenvalue weighted by atomic mass is 9.83. The second-order valence-electron chi connectivity index (χ2n) is 6.27. The second-order valence-corrected chi connectivity index (χ2v) is 6.67. The SMILES string of the molecule is CN1CC[C@@H]2[C@H](CCCN2C(=O)c2cc(F)c(Cl)cc2F)C1. The van der Waals surface area contributed by atoms with Crippen LogP contribution < -0.4 is 0 Å². The van der Waals surface area contributed by atoms with Gasteiger partial charge in [0, 0.05) is 19.1 Å². The van der Waals surface area contributed by atoms with Crippen LogP contribution in [0.25, 0.3) is 0 Å². The number of amides is 1. The van der Waals surface area contributed by atoms with Gasteiger partial charge in [0.2, 0.25) is 0 Å². The summed E-state index contributed by atoms with van der Waals surface area (Å²) in [5.41, 5.74) is -0.221. The first kappa shape index (κ1) is 15.7. The van der Waals surface area contributed by atoms with Gasteiger partial charge in [-0.2, -0.15) is 0 Å². The van der Waals surface area contributed by atoms with E-state index in [1.54, 1.807) is 4.90 Å². The molecule has 2 heterocycles. The minimum atomic E-state index is -0.761. The molecule has 0 bridgehead atoms. The van der Waals surface area contributed by atoms with Crippen molar-refractivity contribution in [3.05, 3.63) is 34.4 Å². The van der Waals surface area contributed by atoms with Crippen LogP contribution in [-0.2, 0) is 0 Å². The highest BCUT2D eigenvalue weighted by atomic mass is 35.5. The summed E-state index contributed by atoms with van der Waals surface area (Å²) < 4.78 is 27.6.